The van der Waals surface area contributed by atoms with E-state index in [0.29, 0.717) is 29.9 Å². The lowest BCUT2D eigenvalue weighted by Gasteiger charge is -2.09. The van der Waals surface area contributed by atoms with Crippen molar-refractivity contribution in [1.29, 1.82) is 0 Å². The van der Waals surface area contributed by atoms with Crippen molar-refractivity contribution >= 4 is 23.2 Å². The summed E-state index contributed by atoms with van der Waals surface area (Å²) >= 11 is 6.00. The standard InChI is InChI=1S/C17H20ClN3O/c1-12-9-13(2)11-14(10-12)21-17(19)20-7-8-22-16-6-4-3-5-15(16)18/h3-6,9-11H,7-8H2,1-2H3,(H3,19,20,21). The summed E-state index contributed by atoms with van der Waals surface area (Å²) in [6, 6.07) is 13.5. The molecule has 0 aliphatic carbocycles. The van der Waals surface area contributed by atoms with Crippen molar-refractivity contribution in [1.82, 2.24) is 0 Å². The van der Waals surface area contributed by atoms with Crippen LogP contribution in [0.1, 0.15) is 11.1 Å². The van der Waals surface area contributed by atoms with Gasteiger partial charge < -0.3 is 15.8 Å². The number of anilines is 1. The minimum atomic E-state index is 0.368. The number of rotatable bonds is 5. The van der Waals surface area contributed by atoms with E-state index < -0.39 is 0 Å². The lowest BCUT2D eigenvalue weighted by Crippen LogP contribution is -2.23. The van der Waals surface area contributed by atoms with Crippen molar-refractivity contribution in [2.24, 2.45) is 10.7 Å². The minimum absolute atomic E-state index is 0.368. The number of nitrogens with zero attached hydrogens (tertiary/aromatic N) is 1. The highest BCUT2D eigenvalue weighted by atomic mass is 35.5. The SMILES string of the molecule is Cc1cc(C)cc(NC(N)=NCCOc2ccccc2Cl)c1. The summed E-state index contributed by atoms with van der Waals surface area (Å²) in [6.07, 6.45) is 0. The van der Waals surface area contributed by atoms with Gasteiger partial charge >= 0.3 is 0 Å². The summed E-state index contributed by atoms with van der Waals surface area (Å²) in [4.78, 5) is 4.24. The summed E-state index contributed by atoms with van der Waals surface area (Å²) in [5.41, 5.74) is 9.16. The van der Waals surface area contributed by atoms with Crippen molar-refractivity contribution in [3.63, 3.8) is 0 Å². The second kappa shape index (κ2) is 7.71. The van der Waals surface area contributed by atoms with Crippen molar-refractivity contribution in [3.05, 3.63) is 58.6 Å². The number of nitrogens with two attached hydrogens (primary N) is 1. The molecule has 116 valence electrons. The predicted octanol–water partition coefficient (Wildman–Crippen LogP) is 3.76. The van der Waals surface area contributed by atoms with Crippen LogP contribution < -0.4 is 15.8 Å². The summed E-state index contributed by atoms with van der Waals surface area (Å²) in [5.74, 6) is 1.02. The molecular formula is C17H20ClN3O. The smallest absolute Gasteiger partial charge is 0.193 e. The maximum atomic E-state index is 6.00. The first-order valence-corrected chi connectivity index (χ1v) is 7.45. The topological polar surface area (TPSA) is 59.6 Å². The fraction of sp³-hybridized carbons (Fsp3) is 0.235. The monoisotopic (exact) mass is 317 g/mol. The summed E-state index contributed by atoms with van der Waals surface area (Å²) < 4.78 is 5.55. The third kappa shape index (κ3) is 4.97. The van der Waals surface area contributed by atoms with Crippen LogP contribution in [0.3, 0.4) is 0 Å². The van der Waals surface area contributed by atoms with E-state index in [1.807, 2.05) is 44.2 Å². The molecule has 0 amide bonds. The van der Waals surface area contributed by atoms with Gasteiger partial charge in [0.05, 0.1) is 11.6 Å². The number of ether oxygens (including phenoxy) is 1. The zero-order valence-electron chi connectivity index (χ0n) is 12.8. The molecule has 0 saturated heterocycles. The Morgan fingerprint density at radius 3 is 2.55 bits per heavy atom. The van der Waals surface area contributed by atoms with E-state index in [-0.39, 0.29) is 0 Å². The van der Waals surface area contributed by atoms with Gasteiger partial charge in [0.25, 0.3) is 0 Å². The van der Waals surface area contributed by atoms with E-state index in [4.69, 9.17) is 22.1 Å². The van der Waals surface area contributed by atoms with Crippen LogP contribution in [0.2, 0.25) is 5.02 Å². The predicted molar refractivity (Wildman–Crippen MR) is 93.0 cm³/mol. The Morgan fingerprint density at radius 1 is 1.18 bits per heavy atom. The van der Waals surface area contributed by atoms with Crippen LogP contribution in [0.15, 0.2) is 47.5 Å². The summed E-state index contributed by atoms with van der Waals surface area (Å²) in [5, 5.41) is 3.67. The average molecular weight is 318 g/mol. The molecule has 0 spiro atoms. The molecule has 0 saturated carbocycles. The maximum absolute atomic E-state index is 6.00. The van der Waals surface area contributed by atoms with Crippen LogP contribution in [0, 0.1) is 13.8 Å². The Morgan fingerprint density at radius 2 is 1.86 bits per heavy atom. The molecule has 0 aliphatic heterocycles. The van der Waals surface area contributed by atoms with Gasteiger partial charge in [-0.2, -0.15) is 0 Å². The summed E-state index contributed by atoms with van der Waals surface area (Å²) in [7, 11) is 0. The van der Waals surface area contributed by atoms with Crippen LogP contribution in [-0.2, 0) is 0 Å². The molecule has 0 atom stereocenters. The van der Waals surface area contributed by atoms with Gasteiger partial charge in [-0.25, -0.2) is 4.99 Å². The number of benzene rings is 2. The molecule has 0 bridgehead atoms. The van der Waals surface area contributed by atoms with E-state index in [0.717, 1.165) is 5.69 Å². The second-order valence-electron chi connectivity index (χ2n) is 5.05. The highest BCUT2D eigenvalue weighted by Crippen LogP contribution is 2.22. The molecule has 2 aromatic carbocycles. The van der Waals surface area contributed by atoms with Gasteiger partial charge in [0.2, 0.25) is 0 Å². The Kier molecular flexibility index (Phi) is 5.67. The molecule has 3 N–H and O–H groups in total. The van der Waals surface area contributed by atoms with E-state index in [9.17, 15) is 0 Å². The molecule has 4 nitrogen and oxygen atoms in total. The van der Waals surface area contributed by atoms with Crippen LogP contribution in [0.4, 0.5) is 5.69 Å². The maximum Gasteiger partial charge on any atom is 0.193 e. The van der Waals surface area contributed by atoms with Crippen molar-refractivity contribution < 1.29 is 4.74 Å². The van der Waals surface area contributed by atoms with Crippen LogP contribution in [0.25, 0.3) is 0 Å². The zero-order valence-corrected chi connectivity index (χ0v) is 13.5. The lowest BCUT2D eigenvalue weighted by atomic mass is 10.1. The van der Waals surface area contributed by atoms with Crippen LogP contribution in [0.5, 0.6) is 5.75 Å². The number of aryl methyl sites for hydroxylation is 2. The first-order valence-electron chi connectivity index (χ1n) is 7.07. The van der Waals surface area contributed by atoms with Crippen molar-refractivity contribution in [3.8, 4) is 5.75 Å². The normalized spacial score (nSPS) is 11.3. The average Bonchev–Trinajstić information content (AvgIpc) is 2.44. The Balaban J connectivity index is 1.84. The van der Waals surface area contributed by atoms with Gasteiger partial charge in [-0.15, -0.1) is 0 Å². The van der Waals surface area contributed by atoms with E-state index in [1.165, 1.54) is 11.1 Å². The Labute approximate surface area is 136 Å². The number of hydrogen-bond acceptors (Lipinski definition) is 2. The number of para-hydroxylation sites is 1. The molecule has 2 rings (SSSR count). The molecule has 0 fully saturated rings. The minimum Gasteiger partial charge on any atom is -0.490 e. The molecule has 0 aromatic heterocycles. The number of guanidine groups is 1. The van der Waals surface area contributed by atoms with Gasteiger partial charge in [-0.1, -0.05) is 29.8 Å². The first-order chi connectivity index (χ1) is 10.5. The fourth-order valence-electron chi connectivity index (χ4n) is 2.12. The van der Waals surface area contributed by atoms with Gasteiger partial charge in [-0.05, 0) is 49.2 Å². The van der Waals surface area contributed by atoms with E-state index in [1.54, 1.807) is 6.07 Å². The molecule has 2 aromatic rings. The van der Waals surface area contributed by atoms with Crippen molar-refractivity contribution in [2.45, 2.75) is 13.8 Å². The Bertz CT molecular complexity index is 650. The number of nitrogens with one attached hydrogen (secondary N) is 1. The summed E-state index contributed by atoms with van der Waals surface area (Å²) in [6.45, 7) is 4.96. The van der Waals surface area contributed by atoms with E-state index >= 15 is 0 Å². The van der Waals surface area contributed by atoms with Gasteiger partial charge in [0.1, 0.15) is 12.4 Å². The third-order valence-electron chi connectivity index (χ3n) is 2.96. The zero-order chi connectivity index (χ0) is 15.9. The van der Waals surface area contributed by atoms with Crippen LogP contribution in [-0.4, -0.2) is 19.1 Å². The molecule has 0 radical (unpaired) electrons. The highest BCUT2D eigenvalue weighted by Gasteiger charge is 2.00. The third-order valence-corrected chi connectivity index (χ3v) is 3.27. The van der Waals surface area contributed by atoms with E-state index in [2.05, 4.69) is 16.4 Å². The number of hydrogen-bond donors (Lipinski definition) is 2. The van der Waals surface area contributed by atoms with Gasteiger partial charge in [-0.3, -0.25) is 0 Å². The van der Waals surface area contributed by atoms with Crippen molar-refractivity contribution in [2.75, 3.05) is 18.5 Å². The van der Waals surface area contributed by atoms with Gasteiger partial charge in [0.15, 0.2) is 5.96 Å². The fourth-order valence-corrected chi connectivity index (χ4v) is 2.31. The molecule has 5 heteroatoms. The largest absolute Gasteiger partial charge is 0.490 e. The molecule has 22 heavy (non-hydrogen) atoms. The molecular weight excluding hydrogens is 298 g/mol. The second-order valence-corrected chi connectivity index (χ2v) is 5.45. The van der Waals surface area contributed by atoms with Gasteiger partial charge in [0, 0.05) is 5.69 Å². The first kappa shape index (κ1) is 16.2. The molecule has 0 aliphatic rings. The number of aliphatic imine (C=N–C) groups is 1. The Hall–Kier alpha value is -2.20. The quantitative estimate of drug-likeness (QED) is 0.501. The highest BCUT2D eigenvalue weighted by molar-refractivity contribution is 6.32. The number of halogens is 1. The molecule has 0 heterocycles. The lowest BCUT2D eigenvalue weighted by molar-refractivity contribution is 0.329. The molecule has 0 unspecified atom stereocenters. The van der Waals surface area contributed by atoms with Crippen LogP contribution >= 0.6 is 11.6 Å².